The second kappa shape index (κ2) is 4.78. The number of nitrogens with zero attached hydrogens (tertiary/aromatic N) is 3. The molecule has 1 aromatic carbocycles. The molecule has 0 saturated carbocycles. The highest BCUT2D eigenvalue weighted by molar-refractivity contribution is 5.79. The van der Waals surface area contributed by atoms with Crippen LogP contribution in [0, 0.1) is 6.92 Å². The Morgan fingerprint density at radius 3 is 2.95 bits per heavy atom. The second-order valence-electron chi connectivity index (χ2n) is 4.25. The summed E-state index contributed by atoms with van der Waals surface area (Å²) in [6.45, 7) is 1.87. The van der Waals surface area contributed by atoms with E-state index in [-0.39, 0.29) is 6.61 Å². The average Bonchev–Trinajstić information content (AvgIpc) is 2.78. The number of aromatic nitrogens is 3. The van der Waals surface area contributed by atoms with Crippen LogP contribution in [0.1, 0.15) is 11.7 Å². The Labute approximate surface area is 110 Å². The quantitative estimate of drug-likeness (QED) is 0.776. The summed E-state index contributed by atoms with van der Waals surface area (Å²) in [5.74, 6) is 1.28. The van der Waals surface area contributed by atoms with Gasteiger partial charge < -0.3 is 9.52 Å². The van der Waals surface area contributed by atoms with Gasteiger partial charge in [-0.3, -0.25) is 0 Å². The van der Waals surface area contributed by atoms with Crippen molar-refractivity contribution in [3.05, 3.63) is 42.2 Å². The van der Waals surface area contributed by atoms with Crippen molar-refractivity contribution < 1.29 is 9.52 Å². The third-order valence-electron chi connectivity index (χ3n) is 2.83. The van der Waals surface area contributed by atoms with Crippen LogP contribution in [0.25, 0.3) is 22.4 Å². The lowest BCUT2D eigenvalue weighted by Crippen LogP contribution is -1.99. The molecule has 0 aliphatic heterocycles. The van der Waals surface area contributed by atoms with E-state index in [0.29, 0.717) is 18.1 Å². The van der Waals surface area contributed by atoms with Crippen molar-refractivity contribution in [1.29, 1.82) is 0 Å². The molecule has 1 N–H and O–H groups in total. The zero-order valence-corrected chi connectivity index (χ0v) is 10.5. The zero-order valence-electron chi connectivity index (χ0n) is 10.5. The van der Waals surface area contributed by atoms with Crippen LogP contribution in [0.15, 0.2) is 34.9 Å². The van der Waals surface area contributed by atoms with Gasteiger partial charge in [0.15, 0.2) is 11.5 Å². The van der Waals surface area contributed by atoms with Gasteiger partial charge in [0.05, 0.1) is 12.3 Å². The Bertz CT molecular complexity index is 722. The number of aliphatic hydroxyl groups excluding tert-OH is 1. The fourth-order valence-corrected chi connectivity index (χ4v) is 1.98. The third-order valence-corrected chi connectivity index (χ3v) is 2.83. The summed E-state index contributed by atoms with van der Waals surface area (Å²) in [6.07, 6.45) is 2.16. The zero-order chi connectivity index (χ0) is 13.2. The molecule has 5 heteroatoms. The largest absolute Gasteiger partial charge is 0.441 e. The van der Waals surface area contributed by atoms with Crippen molar-refractivity contribution in [1.82, 2.24) is 15.0 Å². The highest BCUT2D eigenvalue weighted by Crippen LogP contribution is 2.23. The molecule has 0 radical (unpaired) electrons. The molecule has 0 atom stereocenters. The molecule has 0 amide bonds. The Balaban J connectivity index is 2.05. The first-order chi connectivity index (χ1) is 9.26. The van der Waals surface area contributed by atoms with Gasteiger partial charge in [0.25, 0.3) is 0 Å². The Kier molecular flexibility index (Phi) is 2.97. The summed E-state index contributed by atoms with van der Waals surface area (Å²) in [5, 5.41) is 8.92. The summed E-state index contributed by atoms with van der Waals surface area (Å²) in [4.78, 5) is 12.8. The number of fused-ring (bicyclic) bond motifs is 1. The summed E-state index contributed by atoms with van der Waals surface area (Å²) >= 11 is 0. The van der Waals surface area contributed by atoms with Gasteiger partial charge in [0.1, 0.15) is 11.3 Å². The van der Waals surface area contributed by atoms with E-state index in [1.807, 2.05) is 31.2 Å². The molecule has 19 heavy (non-hydrogen) atoms. The predicted molar refractivity (Wildman–Crippen MR) is 70.6 cm³/mol. The maximum absolute atomic E-state index is 8.92. The van der Waals surface area contributed by atoms with E-state index < -0.39 is 0 Å². The molecule has 2 heterocycles. The van der Waals surface area contributed by atoms with Crippen LogP contribution in [0.2, 0.25) is 0 Å². The van der Waals surface area contributed by atoms with Gasteiger partial charge >= 0.3 is 0 Å². The average molecular weight is 255 g/mol. The van der Waals surface area contributed by atoms with Crippen molar-refractivity contribution >= 4 is 11.1 Å². The van der Waals surface area contributed by atoms with Crippen LogP contribution >= 0.6 is 0 Å². The van der Waals surface area contributed by atoms with Gasteiger partial charge in [-0.05, 0) is 24.3 Å². The molecule has 3 aromatic rings. The summed E-state index contributed by atoms with van der Waals surface area (Å²) in [6, 6.07) is 7.61. The molecule has 0 unspecified atom stereocenters. The molecule has 0 spiro atoms. The SMILES string of the molecule is Cc1nc2cc(-c3ccnc(CCO)n3)ccc2o1. The van der Waals surface area contributed by atoms with Crippen LogP contribution in [-0.4, -0.2) is 26.7 Å². The van der Waals surface area contributed by atoms with E-state index in [1.54, 1.807) is 6.20 Å². The fraction of sp³-hybridized carbons (Fsp3) is 0.214. The van der Waals surface area contributed by atoms with Crippen molar-refractivity contribution in [3.8, 4) is 11.3 Å². The molecule has 0 saturated heterocycles. The highest BCUT2D eigenvalue weighted by Gasteiger charge is 2.06. The molecule has 0 aliphatic rings. The number of aliphatic hydroxyl groups is 1. The lowest BCUT2D eigenvalue weighted by molar-refractivity contribution is 0.296. The van der Waals surface area contributed by atoms with Crippen molar-refractivity contribution in [2.24, 2.45) is 0 Å². The monoisotopic (exact) mass is 255 g/mol. The maximum Gasteiger partial charge on any atom is 0.192 e. The minimum absolute atomic E-state index is 0.0466. The van der Waals surface area contributed by atoms with Gasteiger partial charge in [0, 0.05) is 25.1 Å². The van der Waals surface area contributed by atoms with Crippen LogP contribution in [0.5, 0.6) is 0 Å². The normalized spacial score (nSPS) is 11.1. The first-order valence-corrected chi connectivity index (χ1v) is 6.06. The Hall–Kier alpha value is -2.27. The number of benzene rings is 1. The molecule has 0 aliphatic carbocycles. The lowest BCUT2D eigenvalue weighted by Gasteiger charge is -2.02. The van der Waals surface area contributed by atoms with Gasteiger partial charge in [0.2, 0.25) is 0 Å². The van der Waals surface area contributed by atoms with Crippen LogP contribution < -0.4 is 0 Å². The molecule has 0 bridgehead atoms. The topological polar surface area (TPSA) is 72.0 Å². The van der Waals surface area contributed by atoms with Gasteiger partial charge in [-0.25, -0.2) is 15.0 Å². The fourth-order valence-electron chi connectivity index (χ4n) is 1.98. The molecule has 2 aromatic heterocycles. The van der Waals surface area contributed by atoms with Crippen LogP contribution in [-0.2, 0) is 6.42 Å². The third kappa shape index (κ3) is 2.32. The Morgan fingerprint density at radius 2 is 2.11 bits per heavy atom. The molecular formula is C14H13N3O2. The standard InChI is InChI=1S/C14H13N3O2/c1-9-16-12-8-10(2-3-13(12)19-9)11-4-6-15-14(17-11)5-7-18/h2-4,6,8,18H,5,7H2,1H3. The molecule has 5 nitrogen and oxygen atoms in total. The van der Waals surface area contributed by atoms with E-state index in [9.17, 15) is 0 Å². The highest BCUT2D eigenvalue weighted by atomic mass is 16.3. The first kappa shape index (κ1) is 11.8. The maximum atomic E-state index is 8.92. The van der Waals surface area contributed by atoms with E-state index in [2.05, 4.69) is 15.0 Å². The molecule has 0 fully saturated rings. The van der Waals surface area contributed by atoms with Crippen LogP contribution in [0.3, 0.4) is 0 Å². The van der Waals surface area contributed by atoms with Gasteiger partial charge in [-0.2, -0.15) is 0 Å². The Morgan fingerprint density at radius 1 is 1.21 bits per heavy atom. The van der Waals surface area contributed by atoms with Gasteiger partial charge in [-0.15, -0.1) is 0 Å². The minimum Gasteiger partial charge on any atom is -0.441 e. The summed E-state index contributed by atoms with van der Waals surface area (Å²) in [7, 11) is 0. The van der Waals surface area contributed by atoms with E-state index in [1.165, 1.54) is 0 Å². The second-order valence-corrected chi connectivity index (χ2v) is 4.25. The molecule has 3 rings (SSSR count). The predicted octanol–water partition coefficient (Wildman–Crippen LogP) is 2.13. The molecule has 96 valence electrons. The number of oxazole rings is 1. The first-order valence-electron chi connectivity index (χ1n) is 6.06. The van der Waals surface area contributed by atoms with Crippen molar-refractivity contribution in [2.45, 2.75) is 13.3 Å². The summed E-state index contributed by atoms with van der Waals surface area (Å²) in [5.41, 5.74) is 3.37. The number of hydrogen-bond donors (Lipinski definition) is 1. The smallest absolute Gasteiger partial charge is 0.192 e. The number of rotatable bonds is 3. The van der Waals surface area contributed by atoms with Gasteiger partial charge in [-0.1, -0.05) is 0 Å². The van der Waals surface area contributed by atoms with E-state index in [4.69, 9.17) is 9.52 Å². The van der Waals surface area contributed by atoms with E-state index in [0.717, 1.165) is 22.4 Å². The minimum atomic E-state index is 0.0466. The number of hydrogen-bond acceptors (Lipinski definition) is 5. The van der Waals surface area contributed by atoms with Crippen molar-refractivity contribution in [2.75, 3.05) is 6.61 Å². The van der Waals surface area contributed by atoms with E-state index >= 15 is 0 Å². The molecular weight excluding hydrogens is 242 g/mol. The summed E-state index contributed by atoms with van der Waals surface area (Å²) < 4.78 is 5.44. The number of aryl methyl sites for hydroxylation is 1. The van der Waals surface area contributed by atoms with Crippen molar-refractivity contribution in [3.63, 3.8) is 0 Å². The van der Waals surface area contributed by atoms with Crippen LogP contribution in [0.4, 0.5) is 0 Å². The lowest BCUT2D eigenvalue weighted by atomic mass is 10.1.